The lowest BCUT2D eigenvalue weighted by Gasteiger charge is -1.96. The van der Waals surface area contributed by atoms with Gasteiger partial charge < -0.3 is 0 Å². The van der Waals surface area contributed by atoms with Crippen LogP contribution in [0.25, 0.3) is 10.6 Å². The molecule has 4 nitrogen and oxygen atoms in total. The van der Waals surface area contributed by atoms with E-state index < -0.39 is 4.92 Å². The van der Waals surface area contributed by atoms with Gasteiger partial charge in [0.15, 0.2) is 0 Å². The quantitative estimate of drug-likeness (QED) is 0.576. The van der Waals surface area contributed by atoms with Gasteiger partial charge in [0.2, 0.25) is 0 Å². The molecule has 0 fully saturated rings. The molecule has 0 aliphatic carbocycles. The number of hydrogen-bond acceptors (Lipinski definition) is 4. The van der Waals surface area contributed by atoms with Crippen LogP contribution in [-0.4, -0.2) is 9.91 Å². The topological polar surface area (TPSA) is 56.0 Å². The van der Waals surface area contributed by atoms with Crippen LogP contribution in [0.1, 0.15) is 5.56 Å². The van der Waals surface area contributed by atoms with E-state index in [1.807, 2.05) is 24.3 Å². The van der Waals surface area contributed by atoms with Gasteiger partial charge in [-0.2, -0.15) is 0 Å². The minimum Gasteiger partial charge on any atom is -0.257 e. The fourth-order valence-corrected chi connectivity index (χ4v) is 1.92. The third-order valence-corrected chi connectivity index (χ3v) is 2.85. The first-order valence-electron chi connectivity index (χ1n) is 4.19. The minimum atomic E-state index is -0.435. The van der Waals surface area contributed by atoms with Crippen molar-refractivity contribution in [3.05, 3.63) is 53.1 Å². The van der Waals surface area contributed by atoms with Gasteiger partial charge in [0.05, 0.1) is 4.92 Å². The Morgan fingerprint density at radius 1 is 1.47 bits per heavy atom. The van der Waals surface area contributed by atoms with Crippen molar-refractivity contribution in [1.29, 1.82) is 0 Å². The molecular formula is C10H7N2O2S. The van der Waals surface area contributed by atoms with Crippen LogP contribution in [0.15, 0.2) is 30.5 Å². The van der Waals surface area contributed by atoms with E-state index in [1.165, 1.54) is 6.20 Å². The molecule has 0 bridgehead atoms. The van der Waals surface area contributed by atoms with Crippen molar-refractivity contribution in [1.82, 2.24) is 4.98 Å². The van der Waals surface area contributed by atoms with Crippen LogP contribution in [0.3, 0.4) is 0 Å². The number of nitro groups is 1. The van der Waals surface area contributed by atoms with Crippen molar-refractivity contribution in [2.24, 2.45) is 0 Å². The zero-order valence-electron chi connectivity index (χ0n) is 7.71. The second kappa shape index (κ2) is 3.78. The van der Waals surface area contributed by atoms with Gasteiger partial charge in [-0.25, -0.2) is 4.98 Å². The zero-order chi connectivity index (χ0) is 10.8. The molecule has 0 aliphatic rings. The highest BCUT2D eigenvalue weighted by atomic mass is 32.1. The summed E-state index contributed by atoms with van der Waals surface area (Å²) in [5, 5.41) is 11.2. The van der Waals surface area contributed by atoms with Gasteiger partial charge in [0.1, 0.15) is 11.2 Å². The smallest absolute Gasteiger partial charge is 0.257 e. The number of hydrogen-bond donors (Lipinski definition) is 0. The Balaban J connectivity index is 2.41. The average Bonchev–Trinajstić information content (AvgIpc) is 2.66. The van der Waals surface area contributed by atoms with Crippen molar-refractivity contribution in [2.75, 3.05) is 0 Å². The fraction of sp³-hybridized carbons (Fsp3) is 0. The average molecular weight is 219 g/mol. The van der Waals surface area contributed by atoms with E-state index in [-0.39, 0.29) is 5.00 Å². The van der Waals surface area contributed by atoms with Crippen molar-refractivity contribution < 1.29 is 4.92 Å². The van der Waals surface area contributed by atoms with E-state index >= 15 is 0 Å². The monoisotopic (exact) mass is 219 g/mol. The lowest BCUT2D eigenvalue weighted by Crippen LogP contribution is -1.80. The van der Waals surface area contributed by atoms with Gasteiger partial charge in [0, 0.05) is 5.56 Å². The molecule has 0 aliphatic heterocycles. The Morgan fingerprint density at radius 3 is 2.87 bits per heavy atom. The molecule has 1 radical (unpaired) electrons. The van der Waals surface area contributed by atoms with Gasteiger partial charge in [0.25, 0.3) is 0 Å². The summed E-state index contributed by atoms with van der Waals surface area (Å²) in [6.07, 6.45) is 1.27. The molecule has 15 heavy (non-hydrogen) atoms. The number of thiazole rings is 1. The zero-order valence-corrected chi connectivity index (χ0v) is 8.53. The molecule has 0 saturated carbocycles. The van der Waals surface area contributed by atoms with E-state index in [0.29, 0.717) is 5.01 Å². The lowest BCUT2D eigenvalue weighted by molar-refractivity contribution is -0.380. The third-order valence-electron chi connectivity index (χ3n) is 1.85. The van der Waals surface area contributed by atoms with Crippen LogP contribution in [0, 0.1) is 17.0 Å². The predicted octanol–water partition coefficient (Wildman–Crippen LogP) is 2.90. The Kier molecular flexibility index (Phi) is 2.47. The largest absolute Gasteiger partial charge is 0.344 e. The van der Waals surface area contributed by atoms with Crippen LogP contribution < -0.4 is 0 Å². The van der Waals surface area contributed by atoms with Crippen molar-refractivity contribution in [3.63, 3.8) is 0 Å². The van der Waals surface area contributed by atoms with Gasteiger partial charge in [-0.1, -0.05) is 18.2 Å². The Morgan fingerprint density at radius 2 is 2.27 bits per heavy atom. The van der Waals surface area contributed by atoms with E-state index in [2.05, 4.69) is 11.9 Å². The molecule has 0 saturated heterocycles. The van der Waals surface area contributed by atoms with E-state index in [0.717, 1.165) is 22.5 Å². The normalized spacial score (nSPS) is 10.2. The molecule has 1 aromatic carbocycles. The SMILES string of the molecule is [CH2]c1cccc(-c2ncc([N+](=O)[O-])s2)c1. The van der Waals surface area contributed by atoms with Gasteiger partial charge >= 0.3 is 5.00 Å². The summed E-state index contributed by atoms with van der Waals surface area (Å²) in [5.41, 5.74) is 1.73. The van der Waals surface area contributed by atoms with Crippen LogP contribution in [0.5, 0.6) is 0 Å². The molecule has 0 atom stereocenters. The molecule has 0 unspecified atom stereocenters. The van der Waals surface area contributed by atoms with Crippen LogP contribution in [0.2, 0.25) is 0 Å². The summed E-state index contributed by atoms with van der Waals surface area (Å²) in [6, 6.07) is 7.43. The maximum absolute atomic E-state index is 10.5. The maximum atomic E-state index is 10.5. The third kappa shape index (κ3) is 2.02. The summed E-state index contributed by atoms with van der Waals surface area (Å²) < 4.78 is 0. The summed E-state index contributed by atoms with van der Waals surface area (Å²) >= 11 is 1.06. The molecule has 2 rings (SSSR count). The van der Waals surface area contributed by atoms with Crippen LogP contribution in [-0.2, 0) is 0 Å². The summed E-state index contributed by atoms with van der Waals surface area (Å²) in [5.74, 6) is 0. The van der Waals surface area contributed by atoms with E-state index in [1.54, 1.807) is 0 Å². The molecule has 0 spiro atoms. The predicted molar refractivity (Wildman–Crippen MR) is 58.7 cm³/mol. The number of nitrogens with zero attached hydrogens (tertiary/aromatic N) is 2. The molecule has 0 amide bonds. The van der Waals surface area contributed by atoms with E-state index in [9.17, 15) is 10.1 Å². The highest BCUT2D eigenvalue weighted by Gasteiger charge is 2.12. The van der Waals surface area contributed by atoms with Crippen LogP contribution >= 0.6 is 11.3 Å². The maximum Gasteiger partial charge on any atom is 0.344 e. The summed E-state index contributed by atoms with van der Waals surface area (Å²) in [6.45, 7) is 3.79. The Labute approximate surface area is 90.4 Å². The first-order valence-corrected chi connectivity index (χ1v) is 5.01. The summed E-state index contributed by atoms with van der Waals surface area (Å²) in [7, 11) is 0. The fourth-order valence-electron chi connectivity index (χ4n) is 1.19. The van der Waals surface area contributed by atoms with Crippen molar-refractivity contribution in [2.45, 2.75) is 0 Å². The first-order chi connectivity index (χ1) is 7.16. The molecule has 75 valence electrons. The van der Waals surface area contributed by atoms with Gasteiger partial charge in [-0.3, -0.25) is 10.1 Å². The lowest BCUT2D eigenvalue weighted by atomic mass is 10.1. The van der Waals surface area contributed by atoms with Gasteiger partial charge in [-0.15, -0.1) is 0 Å². The molecule has 1 aromatic heterocycles. The number of benzene rings is 1. The highest BCUT2D eigenvalue weighted by Crippen LogP contribution is 2.29. The van der Waals surface area contributed by atoms with Gasteiger partial charge in [-0.05, 0) is 29.9 Å². The minimum absolute atomic E-state index is 0.0551. The van der Waals surface area contributed by atoms with E-state index in [4.69, 9.17) is 0 Å². The summed E-state index contributed by atoms with van der Waals surface area (Å²) in [4.78, 5) is 14.0. The van der Waals surface area contributed by atoms with Crippen molar-refractivity contribution >= 4 is 16.3 Å². The second-order valence-electron chi connectivity index (χ2n) is 2.96. The first kappa shape index (κ1) is 9.79. The molecule has 1 heterocycles. The highest BCUT2D eigenvalue weighted by molar-refractivity contribution is 7.18. The number of rotatable bonds is 2. The molecular weight excluding hydrogens is 212 g/mol. The second-order valence-corrected chi connectivity index (χ2v) is 3.97. The number of aromatic nitrogens is 1. The molecule has 0 N–H and O–H groups in total. The standard InChI is InChI=1S/C10H7N2O2S/c1-7-3-2-4-8(5-7)10-11-6-9(15-10)12(13)14/h2-6H,1H2. The van der Waals surface area contributed by atoms with Crippen LogP contribution in [0.4, 0.5) is 5.00 Å². The molecule has 2 aromatic rings. The Bertz CT molecular complexity index is 508. The molecule has 5 heteroatoms. The van der Waals surface area contributed by atoms with Crippen molar-refractivity contribution in [3.8, 4) is 10.6 Å². The Hall–Kier alpha value is -1.75.